The van der Waals surface area contributed by atoms with Crippen molar-refractivity contribution in [1.82, 2.24) is 5.32 Å². The summed E-state index contributed by atoms with van der Waals surface area (Å²) in [5, 5.41) is 2.87. The summed E-state index contributed by atoms with van der Waals surface area (Å²) in [6.07, 6.45) is 0. The number of hydrogen-bond donors (Lipinski definition) is 1. The number of fused-ring (bicyclic) bond motifs is 1. The van der Waals surface area contributed by atoms with Gasteiger partial charge in [0.15, 0.2) is 18.1 Å². The Morgan fingerprint density at radius 2 is 1.93 bits per heavy atom. The van der Waals surface area contributed by atoms with Gasteiger partial charge >= 0.3 is 5.97 Å². The molecule has 0 fully saturated rings. The number of amides is 1. The molecule has 0 bridgehead atoms. The molecular formula is C19H17ClFNO5. The minimum Gasteiger partial charge on any atom is -0.486 e. The highest BCUT2D eigenvalue weighted by atomic mass is 35.5. The van der Waals surface area contributed by atoms with Gasteiger partial charge in [0.1, 0.15) is 19.0 Å². The summed E-state index contributed by atoms with van der Waals surface area (Å²) in [7, 11) is 0. The zero-order chi connectivity index (χ0) is 19.4. The highest BCUT2D eigenvalue weighted by Gasteiger charge is 2.18. The van der Waals surface area contributed by atoms with Crippen molar-refractivity contribution in [1.29, 1.82) is 0 Å². The SMILES string of the molecule is C[C@H](NC(=O)COC(=O)c1ccc(Cl)cc1F)c1ccc2c(c1)OCCO2. The van der Waals surface area contributed by atoms with Crippen LogP contribution in [0, 0.1) is 5.82 Å². The van der Waals surface area contributed by atoms with Gasteiger partial charge < -0.3 is 19.5 Å². The molecule has 2 aromatic carbocycles. The number of ether oxygens (including phenoxy) is 3. The highest BCUT2D eigenvalue weighted by Crippen LogP contribution is 2.32. The minimum atomic E-state index is -0.939. The molecule has 0 radical (unpaired) electrons. The molecule has 27 heavy (non-hydrogen) atoms. The van der Waals surface area contributed by atoms with Gasteiger partial charge in [0.2, 0.25) is 0 Å². The second-order valence-corrected chi connectivity index (χ2v) is 6.33. The Morgan fingerprint density at radius 1 is 1.19 bits per heavy atom. The predicted molar refractivity (Wildman–Crippen MR) is 95.7 cm³/mol. The van der Waals surface area contributed by atoms with Gasteiger partial charge in [-0.3, -0.25) is 4.79 Å². The molecule has 0 unspecified atom stereocenters. The van der Waals surface area contributed by atoms with Crippen molar-refractivity contribution >= 4 is 23.5 Å². The summed E-state index contributed by atoms with van der Waals surface area (Å²) in [5.74, 6) is -0.990. The van der Waals surface area contributed by atoms with Crippen LogP contribution >= 0.6 is 11.6 Å². The van der Waals surface area contributed by atoms with E-state index >= 15 is 0 Å². The van der Waals surface area contributed by atoms with Crippen LogP contribution in [0.3, 0.4) is 0 Å². The van der Waals surface area contributed by atoms with Gasteiger partial charge in [-0.25, -0.2) is 9.18 Å². The minimum absolute atomic E-state index is 0.162. The van der Waals surface area contributed by atoms with Crippen LogP contribution < -0.4 is 14.8 Å². The Bertz CT molecular complexity index is 873. The molecule has 1 atom stereocenters. The molecule has 1 aliphatic rings. The smallest absolute Gasteiger partial charge is 0.341 e. The van der Waals surface area contributed by atoms with Crippen LogP contribution in [-0.4, -0.2) is 31.7 Å². The lowest BCUT2D eigenvalue weighted by Crippen LogP contribution is -2.31. The van der Waals surface area contributed by atoms with E-state index in [9.17, 15) is 14.0 Å². The average molecular weight is 394 g/mol. The number of carbonyl (C=O) groups is 2. The maximum atomic E-state index is 13.7. The number of rotatable bonds is 5. The molecule has 0 saturated carbocycles. The number of hydrogen-bond acceptors (Lipinski definition) is 5. The van der Waals surface area contributed by atoms with Crippen molar-refractivity contribution in [3.05, 3.63) is 58.4 Å². The standard InChI is InChI=1S/C19H17ClFNO5/c1-11(12-2-5-16-17(8-12)26-7-6-25-16)22-18(23)10-27-19(24)14-4-3-13(20)9-15(14)21/h2-5,8-9,11H,6-7,10H2,1H3,(H,22,23)/t11-/m0/s1. The van der Waals surface area contributed by atoms with Crippen molar-refractivity contribution < 1.29 is 28.2 Å². The summed E-state index contributed by atoms with van der Waals surface area (Å²) in [5.41, 5.74) is 0.523. The molecule has 0 spiro atoms. The number of nitrogens with one attached hydrogen (secondary N) is 1. The van der Waals surface area contributed by atoms with E-state index < -0.39 is 24.3 Å². The molecule has 3 rings (SSSR count). The molecule has 0 aromatic heterocycles. The van der Waals surface area contributed by atoms with E-state index in [4.69, 9.17) is 25.8 Å². The topological polar surface area (TPSA) is 73.9 Å². The van der Waals surface area contributed by atoms with Crippen LogP contribution in [0.5, 0.6) is 11.5 Å². The third-order valence-corrected chi connectivity index (χ3v) is 4.16. The largest absolute Gasteiger partial charge is 0.486 e. The molecule has 1 aliphatic heterocycles. The van der Waals surface area contributed by atoms with Crippen LogP contribution in [-0.2, 0) is 9.53 Å². The van der Waals surface area contributed by atoms with Crippen molar-refractivity contribution in [2.24, 2.45) is 0 Å². The molecule has 0 saturated heterocycles. The normalized spacial score (nSPS) is 13.6. The zero-order valence-corrected chi connectivity index (χ0v) is 15.2. The Labute approximate surface area is 160 Å². The van der Waals surface area contributed by atoms with Crippen LogP contribution in [0.1, 0.15) is 28.9 Å². The molecular weight excluding hydrogens is 377 g/mol. The van der Waals surface area contributed by atoms with E-state index in [1.165, 1.54) is 12.1 Å². The van der Waals surface area contributed by atoms with Gasteiger partial charge in [-0.2, -0.15) is 0 Å². The third kappa shape index (κ3) is 4.68. The van der Waals surface area contributed by atoms with Crippen molar-refractivity contribution in [3.8, 4) is 11.5 Å². The summed E-state index contributed by atoms with van der Waals surface area (Å²) in [6.45, 7) is 2.21. The maximum absolute atomic E-state index is 13.7. The zero-order valence-electron chi connectivity index (χ0n) is 14.5. The van der Waals surface area contributed by atoms with E-state index in [2.05, 4.69) is 5.32 Å². The molecule has 6 nitrogen and oxygen atoms in total. The number of esters is 1. The maximum Gasteiger partial charge on any atom is 0.341 e. The first-order valence-electron chi connectivity index (χ1n) is 8.25. The first-order valence-corrected chi connectivity index (χ1v) is 8.63. The van der Waals surface area contributed by atoms with Gasteiger partial charge in [0.25, 0.3) is 5.91 Å². The number of benzene rings is 2. The number of carbonyl (C=O) groups excluding carboxylic acids is 2. The van der Waals surface area contributed by atoms with Gasteiger partial charge in [0, 0.05) is 5.02 Å². The van der Waals surface area contributed by atoms with Crippen LogP contribution in [0.25, 0.3) is 0 Å². The fraction of sp³-hybridized carbons (Fsp3) is 0.263. The van der Waals surface area contributed by atoms with Crippen molar-refractivity contribution in [2.45, 2.75) is 13.0 Å². The van der Waals surface area contributed by atoms with Crippen LogP contribution in [0.15, 0.2) is 36.4 Å². The predicted octanol–water partition coefficient (Wildman–Crippen LogP) is 3.28. The van der Waals surface area contributed by atoms with Gasteiger partial charge in [-0.15, -0.1) is 0 Å². The molecule has 1 heterocycles. The quantitative estimate of drug-likeness (QED) is 0.789. The molecule has 1 N–H and O–H groups in total. The van der Waals surface area contributed by atoms with E-state index in [0.29, 0.717) is 24.7 Å². The average Bonchev–Trinajstić information content (AvgIpc) is 2.65. The first kappa shape index (κ1) is 19.0. The van der Waals surface area contributed by atoms with E-state index in [-0.39, 0.29) is 16.6 Å². The summed E-state index contributed by atoms with van der Waals surface area (Å²) in [6, 6.07) is 8.60. The number of halogens is 2. The molecule has 0 aliphatic carbocycles. The fourth-order valence-electron chi connectivity index (χ4n) is 2.56. The van der Waals surface area contributed by atoms with E-state index in [1.54, 1.807) is 19.1 Å². The first-order chi connectivity index (χ1) is 12.9. The van der Waals surface area contributed by atoms with E-state index in [0.717, 1.165) is 11.6 Å². The Hall–Kier alpha value is -2.80. The van der Waals surface area contributed by atoms with E-state index in [1.807, 2.05) is 6.07 Å². The molecule has 142 valence electrons. The second kappa shape index (κ2) is 8.26. The Balaban J connectivity index is 1.55. The third-order valence-electron chi connectivity index (χ3n) is 3.93. The van der Waals surface area contributed by atoms with Gasteiger partial charge in [-0.1, -0.05) is 17.7 Å². The summed E-state index contributed by atoms with van der Waals surface area (Å²) < 4.78 is 29.5. The van der Waals surface area contributed by atoms with Crippen molar-refractivity contribution in [3.63, 3.8) is 0 Å². The molecule has 8 heteroatoms. The molecule has 1 amide bonds. The van der Waals surface area contributed by atoms with Crippen LogP contribution in [0.4, 0.5) is 4.39 Å². The lowest BCUT2D eigenvalue weighted by Gasteiger charge is -2.21. The fourth-order valence-corrected chi connectivity index (χ4v) is 2.72. The highest BCUT2D eigenvalue weighted by molar-refractivity contribution is 6.30. The Morgan fingerprint density at radius 3 is 2.67 bits per heavy atom. The lowest BCUT2D eigenvalue weighted by molar-refractivity contribution is -0.124. The Kier molecular flexibility index (Phi) is 5.81. The summed E-state index contributed by atoms with van der Waals surface area (Å²) >= 11 is 5.64. The van der Waals surface area contributed by atoms with Gasteiger partial charge in [0.05, 0.1) is 11.6 Å². The lowest BCUT2D eigenvalue weighted by atomic mass is 10.1. The van der Waals surface area contributed by atoms with Gasteiger partial charge in [-0.05, 0) is 42.8 Å². The van der Waals surface area contributed by atoms with Crippen LogP contribution in [0.2, 0.25) is 5.02 Å². The molecule has 2 aromatic rings. The second-order valence-electron chi connectivity index (χ2n) is 5.89. The van der Waals surface area contributed by atoms with Crippen molar-refractivity contribution in [2.75, 3.05) is 19.8 Å². The monoisotopic (exact) mass is 393 g/mol. The summed E-state index contributed by atoms with van der Waals surface area (Å²) in [4.78, 5) is 23.9.